The minimum atomic E-state index is -0.440. The Morgan fingerprint density at radius 1 is 1.31 bits per heavy atom. The number of allylic oxidation sites excluding steroid dienone is 1. The summed E-state index contributed by atoms with van der Waals surface area (Å²) in [5.41, 5.74) is 2.34. The van der Waals surface area contributed by atoms with Crippen molar-refractivity contribution >= 4 is 23.1 Å². The lowest BCUT2D eigenvalue weighted by atomic mass is 9.89. The molecular formula is C21H27FN5O2+. The van der Waals surface area contributed by atoms with Crippen LogP contribution >= 0.6 is 0 Å². The van der Waals surface area contributed by atoms with Gasteiger partial charge in [-0.15, -0.1) is 0 Å². The first-order chi connectivity index (χ1) is 13.7. The number of amides is 2. The zero-order valence-electron chi connectivity index (χ0n) is 16.8. The number of pyridine rings is 1. The second kappa shape index (κ2) is 9.90. The molecule has 2 rings (SSSR count). The van der Waals surface area contributed by atoms with Gasteiger partial charge in [-0.2, -0.15) is 0 Å². The first kappa shape index (κ1) is 22.2. The molecule has 29 heavy (non-hydrogen) atoms. The number of nitrogens with zero attached hydrogens (tertiary/aromatic N) is 1. The standard InChI is InChI=1S/C21H26FN5O2/c1-21(2,3)19(23)10-18(26-15-6-4-5-14(22)9-15)12-25-20(29)27-16-7-8-17(13-28)24-11-16/h4-11,23,26,28H,12-13H2,1-3H3,(H2,25,27,29)/p+1/b18-10-,23-19?. The van der Waals surface area contributed by atoms with Gasteiger partial charge in [0.05, 0.1) is 30.7 Å². The van der Waals surface area contributed by atoms with Crippen molar-refractivity contribution in [2.24, 2.45) is 5.41 Å². The third kappa shape index (κ3) is 7.44. The first-order valence-corrected chi connectivity index (χ1v) is 9.18. The van der Waals surface area contributed by atoms with Crippen molar-refractivity contribution in [3.05, 3.63) is 65.9 Å². The van der Waals surface area contributed by atoms with E-state index in [9.17, 15) is 9.18 Å². The summed E-state index contributed by atoms with van der Waals surface area (Å²) in [5, 5.41) is 24.4. The van der Waals surface area contributed by atoms with E-state index in [1.807, 2.05) is 20.8 Å². The average Bonchev–Trinajstić information content (AvgIpc) is 2.66. The highest BCUT2D eigenvalue weighted by Crippen LogP contribution is 2.16. The molecular weight excluding hydrogens is 373 g/mol. The number of halogens is 1. The quantitative estimate of drug-likeness (QED) is 0.364. The van der Waals surface area contributed by atoms with Crippen LogP contribution < -0.4 is 16.0 Å². The van der Waals surface area contributed by atoms with Crippen molar-refractivity contribution in [1.29, 1.82) is 5.41 Å². The molecule has 0 saturated carbocycles. The van der Waals surface area contributed by atoms with Gasteiger partial charge in [0.2, 0.25) is 0 Å². The second-order valence-electron chi connectivity index (χ2n) is 7.59. The number of aromatic nitrogens is 1. The number of aliphatic hydroxyl groups excluding tert-OH is 1. The van der Waals surface area contributed by atoms with E-state index >= 15 is 0 Å². The Labute approximate surface area is 169 Å². The number of carbonyl (C=O) groups excluding carboxylic acids is 1. The Morgan fingerprint density at radius 3 is 2.66 bits per heavy atom. The summed E-state index contributed by atoms with van der Waals surface area (Å²) in [6.07, 6.45) is 3.14. The van der Waals surface area contributed by atoms with Crippen LogP contribution in [-0.4, -0.2) is 28.4 Å². The molecule has 2 amide bonds. The van der Waals surface area contributed by atoms with Gasteiger partial charge < -0.3 is 21.1 Å². The topological polar surface area (TPSA) is 115 Å². The summed E-state index contributed by atoms with van der Waals surface area (Å²) in [6.45, 7) is 5.76. The fourth-order valence-electron chi connectivity index (χ4n) is 2.31. The van der Waals surface area contributed by atoms with Gasteiger partial charge in [0.15, 0.2) is 0 Å². The summed E-state index contributed by atoms with van der Waals surface area (Å²) in [7, 11) is 0. The predicted octanol–water partition coefficient (Wildman–Crippen LogP) is 2.68. The Morgan fingerprint density at radius 2 is 2.07 bits per heavy atom. The fraction of sp³-hybridized carbons (Fsp3) is 0.286. The Bertz CT molecular complexity index is 889. The van der Waals surface area contributed by atoms with Gasteiger partial charge in [0, 0.05) is 23.3 Å². The van der Waals surface area contributed by atoms with Crippen molar-refractivity contribution < 1.29 is 19.6 Å². The third-order valence-electron chi connectivity index (χ3n) is 4.04. The first-order valence-electron chi connectivity index (χ1n) is 9.18. The molecule has 1 aromatic heterocycles. The van der Waals surface area contributed by atoms with Crippen molar-refractivity contribution in [3.8, 4) is 0 Å². The number of hydrogen-bond acceptors (Lipinski definition) is 4. The van der Waals surface area contributed by atoms with Gasteiger partial charge >= 0.3 is 6.03 Å². The maximum atomic E-state index is 13.5. The maximum absolute atomic E-state index is 13.5. The van der Waals surface area contributed by atoms with Crippen molar-refractivity contribution in [1.82, 2.24) is 10.3 Å². The van der Waals surface area contributed by atoms with E-state index in [4.69, 9.17) is 10.5 Å². The monoisotopic (exact) mass is 400 g/mol. The SMILES string of the molecule is CC(C)(C)C(=N)/C=C(/CNC(=O)Nc1ccc(CO)nc1)[NH2+]c1cccc(F)c1. The van der Waals surface area contributed by atoms with Crippen LogP contribution in [0.15, 0.2) is 54.4 Å². The highest BCUT2D eigenvalue weighted by atomic mass is 19.1. The highest BCUT2D eigenvalue weighted by Gasteiger charge is 2.18. The summed E-state index contributed by atoms with van der Waals surface area (Å²) in [4.78, 5) is 16.2. The van der Waals surface area contributed by atoms with Crippen LogP contribution in [0.25, 0.3) is 0 Å². The molecule has 0 bridgehead atoms. The number of hydrogen-bond donors (Lipinski definition) is 5. The molecule has 0 aliphatic carbocycles. The molecule has 154 valence electrons. The molecule has 0 aliphatic rings. The molecule has 0 saturated heterocycles. The van der Waals surface area contributed by atoms with Gasteiger partial charge in [-0.05, 0) is 24.3 Å². The van der Waals surface area contributed by atoms with Gasteiger partial charge in [-0.1, -0.05) is 26.8 Å². The predicted molar refractivity (Wildman–Crippen MR) is 110 cm³/mol. The normalized spacial score (nSPS) is 11.8. The van der Waals surface area contributed by atoms with E-state index in [-0.39, 0.29) is 24.4 Å². The van der Waals surface area contributed by atoms with Crippen LogP contribution in [0, 0.1) is 16.6 Å². The largest absolute Gasteiger partial charge is 0.390 e. The van der Waals surface area contributed by atoms with Crippen molar-refractivity contribution in [3.63, 3.8) is 0 Å². The molecule has 2 aromatic rings. The number of rotatable bonds is 7. The van der Waals surface area contributed by atoms with Crippen LogP contribution in [0.1, 0.15) is 26.5 Å². The van der Waals surface area contributed by atoms with E-state index in [1.54, 1.807) is 35.7 Å². The summed E-state index contributed by atoms with van der Waals surface area (Å²) in [5.74, 6) is -0.353. The number of aliphatic hydroxyl groups is 1. The lowest BCUT2D eigenvalue weighted by Gasteiger charge is -2.17. The lowest BCUT2D eigenvalue weighted by Crippen LogP contribution is -2.77. The lowest BCUT2D eigenvalue weighted by molar-refractivity contribution is -0.518. The Balaban J connectivity index is 2.06. The molecule has 6 N–H and O–H groups in total. The third-order valence-corrected chi connectivity index (χ3v) is 4.04. The van der Waals surface area contributed by atoms with Crippen molar-refractivity contribution in [2.45, 2.75) is 27.4 Å². The number of nitrogens with two attached hydrogens (primary N) is 1. The van der Waals surface area contributed by atoms with Crippen molar-refractivity contribution in [2.75, 3.05) is 11.9 Å². The zero-order valence-corrected chi connectivity index (χ0v) is 16.8. The highest BCUT2D eigenvalue weighted by molar-refractivity contribution is 5.96. The summed E-state index contributed by atoms with van der Waals surface area (Å²) < 4.78 is 13.5. The van der Waals surface area contributed by atoms with Crippen LogP contribution in [0.2, 0.25) is 0 Å². The second-order valence-corrected chi connectivity index (χ2v) is 7.59. The molecule has 0 unspecified atom stereocenters. The zero-order chi connectivity index (χ0) is 21.4. The van der Waals surface area contributed by atoms with Gasteiger partial charge in [-0.3, -0.25) is 10.3 Å². The number of quaternary nitrogens is 1. The van der Waals surface area contributed by atoms with Crippen LogP contribution in [0.3, 0.4) is 0 Å². The van der Waals surface area contributed by atoms with Gasteiger partial charge in [0.1, 0.15) is 17.2 Å². The Kier molecular flexibility index (Phi) is 7.58. The van der Waals surface area contributed by atoms with Gasteiger partial charge in [0.25, 0.3) is 0 Å². The fourth-order valence-corrected chi connectivity index (χ4v) is 2.31. The Hall–Kier alpha value is -3.10. The number of carbonyl (C=O) groups is 1. The molecule has 0 spiro atoms. The van der Waals surface area contributed by atoms with E-state index in [0.717, 1.165) is 0 Å². The summed E-state index contributed by atoms with van der Waals surface area (Å²) in [6, 6.07) is 8.93. The van der Waals surface area contributed by atoms with Crippen LogP contribution in [0.4, 0.5) is 20.6 Å². The molecule has 0 fully saturated rings. The van der Waals surface area contributed by atoms with E-state index in [1.165, 1.54) is 18.3 Å². The molecule has 0 aliphatic heterocycles. The molecule has 0 atom stereocenters. The average molecular weight is 400 g/mol. The summed E-state index contributed by atoms with van der Waals surface area (Å²) >= 11 is 0. The minimum absolute atomic E-state index is 0.156. The maximum Gasteiger partial charge on any atom is 0.319 e. The van der Waals surface area contributed by atoms with Gasteiger partial charge in [-0.25, -0.2) is 9.18 Å². The molecule has 1 aromatic carbocycles. The van der Waals surface area contributed by atoms with Crippen LogP contribution in [0.5, 0.6) is 0 Å². The molecule has 7 nitrogen and oxygen atoms in total. The number of urea groups is 1. The molecule has 1 heterocycles. The molecule has 8 heteroatoms. The van der Waals surface area contributed by atoms with E-state index in [2.05, 4.69) is 15.6 Å². The minimum Gasteiger partial charge on any atom is -0.390 e. The number of anilines is 1. The smallest absolute Gasteiger partial charge is 0.319 e. The number of nitrogens with one attached hydrogen (secondary N) is 3. The van der Waals surface area contributed by atoms with E-state index < -0.39 is 6.03 Å². The van der Waals surface area contributed by atoms with Crippen LogP contribution in [-0.2, 0) is 6.61 Å². The van der Waals surface area contributed by atoms with E-state index in [0.29, 0.717) is 28.5 Å². The number of benzene rings is 1. The molecule has 0 radical (unpaired) electrons.